The monoisotopic (exact) mass is 575 g/mol. The van der Waals surface area contributed by atoms with Crippen LogP contribution in [0.5, 0.6) is 0 Å². The van der Waals surface area contributed by atoms with Gasteiger partial charge in [0.2, 0.25) is 0 Å². The number of rotatable bonds is 3. The second-order valence-electron chi connectivity index (χ2n) is 12.1. The summed E-state index contributed by atoms with van der Waals surface area (Å²) in [5, 5.41) is 7.03. The number of benzene rings is 6. The van der Waals surface area contributed by atoms with E-state index in [4.69, 9.17) is 8.83 Å². The summed E-state index contributed by atoms with van der Waals surface area (Å²) in [4.78, 5) is 1.30. The SMILES string of the molecule is CS(C)(C)c1cccc2c1oc1c(-n3c4ccccc4c4cc(-c5cccc6c5oc5ccccc56)ccc43)cccc12. The van der Waals surface area contributed by atoms with Crippen LogP contribution in [-0.2, 0) is 0 Å². The van der Waals surface area contributed by atoms with Gasteiger partial charge in [-0.2, -0.15) is 0 Å². The van der Waals surface area contributed by atoms with Gasteiger partial charge in [0, 0.05) is 42.8 Å². The molecular formula is C39H29NO2S. The first-order valence-electron chi connectivity index (χ1n) is 14.5. The molecule has 0 aliphatic heterocycles. The van der Waals surface area contributed by atoms with E-state index in [-0.39, 0.29) is 0 Å². The van der Waals surface area contributed by atoms with E-state index in [0.29, 0.717) is 0 Å². The van der Waals surface area contributed by atoms with Crippen molar-refractivity contribution in [3.8, 4) is 16.8 Å². The van der Waals surface area contributed by atoms with Gasteiger partial charge >= 0.3 is 0 Å². The number of aromatic nitrogens is 1. The van der Waals surface area contributed by atoms with Crippen molar-refractivity contribution < 1.29 is 8.83 Å². The van der Waals surface area contributed by atoms with E-state index in [1.165, 1.54) is 21.1 Å². The number of nitrogens with zero attached hydrogens (tertiary/aromatic N) is 1. The smallest absolute Gasteiger partial charge is 0.159 e. The summed E-state index contributed by atoms with van der Waals surface area (Å²) < 4.78 is 15.6. The number of fused-ring (bicyclic) bond motifs is 9. The number of hydrogen-bond acceptors (Lipinski definition) is 2. The summed E-state index contributed by atoms with van der Waals surface area (Å²) in [7, 11) is -0.977. The maximum atomic E-state index is 6.82. The zero-order valence-electron chi connectivity index (χ0n) is 24.2. The average Bonchev–Trinajstić information content (AvgIpc) is 3.70. The van der Waals surface area contributed by atoms with Crippen molar-refractivity contribution in [2.45, 2.75) is 4.90 Å². The molecule has 0 atom stereocenters. The zero-order chi connectivity index (χ0) is 28.9. The molecule has 3 nitrogen and oxygen atoms in total. The second kappa shape index (κ2) is 8.79. The van der Waals surface area contributed by atoms with Crippen LogP contribution in [0.3, 0.4) is 0 Å². The largest absolute Gasteiger partial charge is 0.455 e. The van der Waals surface area contributed by atoms with Gasteiger partial charge in [-0.25, -0.2) is 10.0 Å². The maximum absolute atomic E-state index is 6.82. The Hall–Kier alpha value is -4.93. The third-order valence-corrected chi connectivity index (χ3v) is 10.4. The van der Waals surface area contributed by atoms with Crippen LogP contribution in [0.15, 0.2) is 135 Å². The molecule has 0 amide bonds. The Balaban J connectivity index is 1.32. The molecule has 0 spiro atoms. The first kappa shape index (κ1) is 24.6. The van der Waals surface area contributed by atoms with Crippen LogP contribution < -0.4 is 0 Å². The van der Waals surface area contributed by atoms with Gasteiger partial charge in [0.05, 0.1) is 16.7 Å². The van der Waals surface area contributed by atoms with E-state index in [1.807, 2.05) is 12.1 Å². The molecule has 0 saturated carbocycles. The zero-order valence-corrected chi connectivity index (χ0v) is 25.0. The van der Waals surface area contributed by atoms with Crippen LogP contribution >= 0.6 is 10.0 Å². The van der Waals surface area contributed by atoms with E-state index in [2.05, 4.69) is 133 Å². The minimum absolute atomic E-state index is 0.915. The van der Waals surface area contributed by atoms with Gasteiger partial charge in [-0.1, -0.05) is 84.9 Å². The topological polar surface area (TPSA) is 31.2 Å². The van der Waals surface area contributed by atoms with Gasteiger partial charge in [-0.05, 0) is 60.7 Å². The van der Waals surface area contributed by atoms with Crippen molar-refractivity contribution in [2.24, 2.45) is 0 Å². The van der Waals surface area contributed by atoms with E-state index in [0.717, 1.165) is 66.3 Å². The highest BCUT2D eigenvalue weighted by atomic mass is 32.3. The molecule has 3 aromatic heterocycles. The number of para-hydroxylation sites is 5. The molecule has 0 fully saturated rings. The fraction of sp³-hybridized carbons (Fsp3) is 0.0769. The van der Waals surface area contributed by atoms with E-state index < -0.39 is 10.0 Å². The molecule has 0 radical (unpaired) electrons. The lowest BCUT2D eigenvalue weighted by atomic mass is 10.0. The second-order valence-corrected chi connectivity index (χ2v) is 16.2. The molecule has 3 heterocycles. The molecule has 208 valence electrons. The molecule has 4 heteroatoms. The lowest BCUT2D eigenvalue weighted by molar-refractivity contribution is 0.657. The van der Waals surface area contributed by atoms with Crippen molar-refractivity contribution in [1.29, 1.82) is 0 Å². The lowest BCUT2D eigenvalue weighted by Crippen LogP contribution is -1.94. The Morgan fingerprint density at radius 1 is 0.488 bits per heavy atom. The summed E-state index contributed by atoms with van der Waals surface area (Å²) in [5.41, 5.74) is 9.38. The Bertz CT molecular complexity index is 2560. The third-order valence-electron chi connectivity index (χ3n) is 8.76. The predicted octanol–water partition coefficient (Wildman–Crippen LogP) is 11.3. The fourth-order valence-corrected chi connectivity index (χ4v) is 8.01. The Morgan fingerprint density at radius 2 is 1.14 bits per heavy atom. The highest BCUT2D eigenvalue weighted by molar-refractivity contribution is 8.32. The quantitative estimate of drug-likeness (QED) is 0.210. The fourth-order valence-electron chi connectivity index (χ4n) is 6.81. The minimum atomic E-state index is -0.977. The molecule has 43 heavy (non-hydrogen) atoms. The number of furan rings is 2. The molecule has 6 aromatic carbocycles. The van der Waals surface area contributed by atoms with Gasteiger partial charge in [-0.3, -0.25) is 0 Å². The van der Waals surface area contributed by atoms with Crippen molar-refractivity contribution in [3.05, 3.63) is 121 Å². The maximum Gasteiger partial charge on any atom is 0.159 e. The summed E-state index contributed by atoms with van der Waals surface area (Å²) in [6.07, 6.45) is 6.98. The van der Waals surface area contributed by atoms with Crippen LogP contribution in [0.4, 0.5) is 0 Å². The summed E-state index contributed by atoms with van der Waals surface area (Å²) in [5.74, 6) is 0. The minimum Gasteiger partial charge on any atom is -0.455 e. The lowest BCUT2D eigenvalue weighted by Gasteiger charge is -2.25. The third kappa shape index (κ3) is 3.50. The van der Waals surface area contributed by atoms with Crippen molar-refractivity contribution in [2.75, 3.05) is 18.8 Å². The van der Waals surface area contributed by atoms with Crippen LogP contribution in [0.1, 0.15) is 0 Å². The van der Waals surface area contributed by atoms with Crippen LogP contribution in [0.25, 0.3) is 82.5 Å². The number of hydrogen-bond donors (Lipinski definition) is 0. The summed E-state index contributed by atoms with van der Waals surface area (Å²) in [6, 6.07) is 43.3. The van der Waals surface area contributed by atoms with Gasteiger partial charge in [0.25, 0.3) is 0 Å². The van der Waals surface area contributed by atoms with Crippen molar-refractivity contribution in [1.82, 2.24) is 4.57 Å². The molecule has 9 rings (SSSR count). The first-order chi connectivity index (χ1) is 21.0. The predicted molar refractivity (Wildman–Crippen MR) is 184 cm³/mol. The molecule has 0 unspecified atom stereocenters. The highest BCUT2D eigenvalue weighted by Crippen LogP contribution is 2.50. The van der Waals surface area contributed by atoms with Crippen LogP contribution in [0.2, 0.25) is 0 Å². The van der Waals surface area contributed by atoms with Gasteiger partial charge in [0.15, 0.2) is 5.58 Å². The van der Waals surface area contributed by atoms with E-state index in [9.17, 15) is 0 Å². The Labute approximate surface area is 250 Å². The molecule has 0 saturated heterocycles. The summed E-state index contributed by atoms with van der Waals surface area (Å²) in [6.45, 7) is 0. The van der Waals surface area contributed by atoms with Crippen molar-refractivity contribution in [3.63, 3.8) is 0 Å². The van der Waals surface area contributed by atoms with Gasteiger partial charge in [-0.15, -0.1) is 0 Å². The molecule has 0 aliphatic rings. The Morgan fingerprint density at radius 3 is 1.98 bits per heavy atom. The first-order valence-corrected chi connectivity index (χ1v) is 17.4. The van der Waals surface area contributed by atoms with Crippen molar-refractivity contribution >= 4 is 75.7 Å². The highest BCUT2D eigenvalue weighted by Gasteiger charge is 2.21. The van der Waals surface area contributed by atoms with Gasteiger partial charge in [0.1, 0.15) is 16.7 Å². The molecule has 0 bridgehead atoms. The van der Waals surface area contributed by atoms with E-state index in [1.54, 1.807) is 0 Å². The van der Waals surface area contributed by atoms with Crippen LogP contribution in [-0.4, -0.2) is 23.3 Å². The average molecular weight is 576 g/mol. The summed E-state index contributed by atoms with van der Waals surface area (Å²) >= 11 is 0. The van der Waals surface area contributed by atoms with E-state index >= 15 is 0 Å². The molecular weight excluding hydrogens is 547 g/mol. The molecule has 0 N–H and O–H groups in total. The molecule has 9 aromatic rings. The van der Waals surface area contributed by atoms with Crippen LogP contribution in [0, 0.1) is 0 Å². The van der Waals surface area contributed by atoms with Gasteiger partial charge < -0.3 is 13.4 Å². The molecule has 0 aliphatic carbocycles. The normalized spacial score (nSPS) is 12.9. The standard InChI is InChI=1S/C39H29NO2S/c1-43(2,3)36-20-10-16-30-29-15-9-18-34(38(29)42-39(30)36)40-32-17-6-4-11-26(32)31-23-24(21-22-33(31)40)25-13-8-14-28-27-12-5-7-19-35(27)41-37(25)28/h4-23H,1-3H3. The Kier molecular flexibility index (Phi) is 5.04.